The highest BCUT2D eigenvalue weighted by Crippen LogP contribution is 2.54. The van der Waals surface area contributed by atoms with E-state index in [0.717, 1.165) is 51.4 Å². The fourth-order valence-corrected chi connectivity index (χ4v) is 10.2. The Hall–Kier alpha value is -2.44. The van der Waals surface area contributed by atoms with Crippen molar-refractivity contribution in [2.75, 3.05) is 26.4 Å². The summed E-state index contributed by atoms with van der Waals surface area (Å²) in [6.07, 6.45) is 48.3. The van der Waals surface area contributed by atoms with Crippen LogP contribution in [0.15, 0.2) is 24.3 Å². The van der Waals surface area contributed by atoms with Crippen LogP contribution in [0.25, 0.3) is 0 Å². The maximum atomic E-state index is 12.6. The lowest BCUT2D eigenvalue weighted by atomic mass is 9.80. The summed E-state index contributed by atoms with van der Waals surface area (Å²) in [6.45, 7) is 11.4. The molecule has 1 aliphatic carbocycles. The maximum Gasteiger partial charge on any atom is 0.126 e. The van der Waals surface area contributed by atoms with Gasteiger partial charge in [0.2, 0.25) is 0 Å². The lowest BCUT2D eigenvalue weighted by Crippen LogP contribution is -2.23. The molecule has 0 spiro atoms. The van der Waals surface area contributed by atoms with Crippen LogP contribution in [-0.4, -0.2) is 36.6 Å². The van der Waals surface area contributed by atoms with E-state index in [0.29, 0.717) is 71.7 Å². The fraction of sp³-hybridized carbons (Fsp3) is 0.806. The Morgan fingerprint density at radius 3 is 0.559 bits per heavy atom. The van der Waals surface area contributed by atoms with E-state index in [1.165, 1.54) is 205 Å². The van der Waals surface area contributed by atoms with Crippen LogP contribution in [0.3, 0.4) is 0 Å². The summed E-state index contributed by atoms with van der Waals surface area (Å²) in [5.41, 5.74) is 2.42. The second-order valence-corrected chi connectivity index (χ2v) is 20.7. The number of hydrogen-bond donors (Lipinski definition) is 2. The van der Waals surface area contributed by atoms with E-state index < -0.39 is 12.2 Å². The van der Waals surface area contributed by atoms with Crippen molar-refractivity contribution in [2.24, 2.45) is 0 Å². The summed E-state index contributed by atoms with van der Waals surface area (Å²) >= 11 is 0. The van der Waals surface area contributed by atoms with E-state index in [1.807, 2.05) is 24.3 Å². The number of unbranched alkanes of at least 4 members (excludes halogenated alkanes) is 36. The third-order valence-corrected chi connectivity index (χ3v) is 14.5. The van der Waals surface area contributed by atoms with Crippen molar-refractivity contribution in [3.63, 3.8) is 0 Å². The lowest BCUT2D eigenvalue weighted by molar-refractivity contribution is 0.152. The van der Waals surface area contributed by atoms with Crippen molar-refractivity contribution < 1.29 is 29.2 Å². The van der Waals surface area contributed by atoms with Crippen molar-refractivity contribution in [3.8, 4) is 23.0 Å². The highest BCUT2D eigenvalue weighted by molar-refractivity contribution is 5.65. The van der Waals surface area contributed by atoms with Crippen molar-refractivity contribution in [1.29, 1.82) is 0 Å². The Morgan fingerprint density at radius 2 is 0.397 bits per heavy atom. The molecule has 0 radical (unpaired) electrons. The first-order chi connectivity index (χ1) is 33.6. The molecule has 0 saturated carbocycles. The predicted octanol–water partition coefficient (Wildman–Crippen LogP) is 19.4. The van der Waals surface area contributed by atoms with Gasteiger partial charge in [0.25, 0.3) is 0 Å². The third-order valence-electron chi connectivity index (χ3n) is 14.5. The minimum absolute atomic E-state index is 0.571. The minimum Gasteiger partial charge on any atom is -0.493 e. The molecule has 0 unspecified atom stereocenters. The quantitative estimate of drug-likeness (QED) is 0.0644. The molecule has 0 aromatic heterocycles. The SMILES string of the molecule is CCCCCCCCCCCCOc1ccc(OCCCCCCCCCCCC)c2c1C(O)c1c(OCCCCCCCCCCCC)ccc(OCCCCCCCCCCCC)c1C2O. The Balaban J connectivity index is 1.75. The van der Waals surface area contributed by atoms with Crippen molar-refractivity contribution in [3.05, 3.63) is 46.5 Å². The zero-order valence-corrected chi connectivity index (χ0v) is 45.1. The molecule has 1 aliphatic rings. The van der Waals surface area contributed by atoms with Crippen molar-refractivity contribution in [1.82, 2.24) is 0 Å². The lowest BCUT2D eigenvalue weighted by Gasteiger charge is -2.34. The first-order valence-corrected chi connectivity index (χ1v) is 29.8. The van der Waals surface area contributed by atoms with Gasteiger partial charge < -0.3 is 29.2 Å². The van der Waals surface area contributed by atoms with Crippen molar-refractivity contribution >= 4 is 0 Å². The van der Waals surface area contributed by atoms with Gasteiger partial charge in [0.15, 0.2) is 0 Å². The monoisotopic (exact) mass is 949 g/mol. The van der Waals surface area contributed by atoms with Gasteiger partial charge in [-0.2, -0.15) is 0 Å². The van der Waals surface area contributed by atoms with Gasteiger partial charge in [-0.05, 0) is 49.9 Å². The Bertz CT molecular complexity index is 1260. The Labute approximate surface area is 420 Å². The van der Waals surface area contributed by atoms with E-state index in [-0.39, 0.29) is 0 Å². The van der Waals surface area contributed by atoms with E-state index in [9.17, 15) is 10.2 Å². The van der Waals surface area contributed by atoms with Gasteiger partial charge in [-0.1, -0.05) is 259 Å². The van der Waals surface area contributed by atoms with Crippen LogP contribution in [0.2, 0.25) is 0 Å². The number of aliphatic hydroxyl groups is 2. The number of hydrogen-bond acceptors (Lipinski definition) is 6. The van der Waals surface area contributed by atoms with E-state index in [1.54, 1.807) is 0 Å². The summed E-state index contributed by atoms with van der Waals surface area (Å²) in [5, 5.41) is 25.3. The molecular weight excluding hydrogens is 841 g/mol. The largest absolute Gasteiger partial charge is 0.493 e. The molecule has 0 aliphatic heterocycles. The minimum atomic E-state index is -1.06. The number of benzene rings is 2. The van der Waals surface area contributed by atoms with Crippen LogP contribution >= 0.6 is 0 Å². The number of ether oxygens (including phenoxy) is 4. The van der Waals surface area contributed by atoms with Crippen LogP contribution in [0.5, 0.6) is 23.0 Å². The van der Waals surface area contributed by atoms with Gasteiger partial charge in [-0.25, -0.2) is 0 Å². The number of fused-ring (bicyclic) bond motifs is 2. The molecule has 392 valence electrons. The van der Waals surface area contributed by atoms with Gasteiger partial charge in [-0.15, -0.1) is 0 Å². The second kappa shape index (κ2) is 41.2. The fourth-order valence-electron chi connectivity index (χ4n) is 10.2. The highest BCUT2D eigenvalue weighted by Gasteiger charge is 2.40. The van der Waals surface area contributed by atoms with Crippen LogP contribution < -0.4 is 18.9 Å². The van der Waals surface area contributed by atoms with Gasteiger partial charge in [-0.3, -0.25) is 0 Å². The first-order valence-electron chi connectivity index (χ1n) is 29.8. The standard InChI is InChI=1S/C62H108O6/c1-5-9-13-17-21-25-29-33-37-41-49-65-53-45-46-54(66-50-42-38-34-30-26-22-18-14-10-6-2)58-57(53)61(63)59-55(67-51-43-39-35-31-27-23-19-15-11-7-3)47-48-56(60(59)62(58)64)68-52-44-40-36-32-28-24-20-16-12-8-4/h45-48,61-64H,5-44,49-52H2,1-4H3. The molecule has 2 aromatic carbocycles. The zero-order valence-electron chi connectivity index (χ0n) is 45.1. The number of rotatable bonds is 48. The van der Waals surface area contributed by atoms with Crippen molar-refractivity contribution in [2.45, 2.75) is 297 Å². The number of aliphatic hydroxyl groups excluding tert-OH is 2. The average molecular weight is 950 g/mol. The molecule has 2 N–H and O–H groups in total. The molecule has 0 amide bonds. The normalized spacial score (nSPS) is 14.3. The van der Waals surface area contributed by atoms with Gasteiger partial charge in [0.05, 0.1) is 26.4 Å². The zero-order chi connectivity index (χ0) is 48.5. The summed E-state index contributed by atoms with van der Waals surface area (Å²) < 4.78 is 26.3. The van der Waals surface area contributed by atoms with Crippen LogP contribution in [-0.2, 0) is 0 Å². The Morgan fingerprint density at radius 1 is 0.250 bits per heavy atom. The van der Waals surface area contributed by atoms with Crippen LogP contribution in [0.1, 0.15) is 319 Å². The molecule has 0 bridgehead atoms. The summed E-state index contributed by atoms with van der Waals surface area (Å²) in [6, 6.07) is 7.83. The maximum absolute atomic E-state index is 12.6. The second-order valence-electron chi connectivity index (χ2n) is 20.7. The summed E-state index contributed by atoms with van der Waals surface area (Å²) in [5.74, 6) is 2.49. The first kappa shape index (κ1) is 59.9. The molecular formula is C62H108O6. The average Bonchev–Trinajstić information content (AvgIpc) is 3.35. The molecule has 6 heteroatoms. The molecule has 2 aromatic rings. The molecule has 68 heavy (non-hydrogen) atoms. The molecule has 0 atom stereocenters. The summed E-state index contributed by atoms with van der Waals surface area (Å²) in [4.78, 5) is 0. The van der Waals surface area contributed by atoms with Gasteiger partial charge in [0.1, 0.15) is 35.2 Å². The third kappa shape index (κ3) is 25.1. The molecule has 0 fully saturated rings. The van der Waals surface area contributed by atoms with E-state index in [2.05, 4.69) is 27.7 Å². The highest BCUT2D eigenvalue weighted by atomic mass is 16.5. The van der Waals surface area contributed by atoms with Gasteiger partial charge in [0, 0.05) is 22.3 Å². The molecule has 0 heterocycles. The van der Waals surface area contributed by atoms with Crippen LogP contribution in [0.4, 0.5) is 0 Å². The van der Waals surface area contributed by atoms with Gasteiger partial charge >= 0.3 is 0 Å². The summed E-state index contributed by atoms with van der Waals surface area (Å²) in [7, 11) is 0. The Kier molecular flexibility index (Phi) is 36.3. The predicted molar refractivity (Wildman–Crippen MR) is 290 cm³/mol. The van der Waals surface area contributed by atoms with E-state index >= 15 is 0 Å². The topological polar surface area (TPSA) is 77.4 Å². The molecule has 0 saturated heterocycles. The smallest absolute Gasteiger partial charge is 0.126 e. The molecule has 3 rings (SSSR count). The van der Waals surface area contributed by atoms with E-state index in [4.69, 9.17) is 18.9 Å². The molecule has 6 nitrogen and oxygen atoms in total. The van der Waals surface area contributed by atoms with Crippen LogP contribution in [0, 0.1) is 0 Å².